The van der Waals surface area contributed by atoms with Gasteiger partial charge >= 0.3 is 0 Å². The lowest BCUT2D eigenvalue weighted by Crippen LogP contribution is -2.41. The Labute approximate surface area is 142 Å². The zero-order chi connectivity index (χ0) is 16.2. The molecule has 118 valence electrons. The van der Waals surface area contributed by atoms with Gasteiger partial charge in [0.25, 0.3) is 0 Å². The quantitative estimate of drug-likeness (QED) is 0.681. The Morgan fingerprint density at radius 1 is 1.19 bits per heavy atom. The van der Waals surface area contributed by atoms with E-state index in [0.29, 0.717) is 22.0 Å². The molecule has 0 unspecified atom stereocenters. The smallest absolute Gasteiger partial charge is 0.244 e. The zero-order valence-corrected chi connectivity index (χ0v) is 16.1. The fourth-order valence-corrected chi connectivity index (χ4v) is 4.37. The number of halogens is 2. The standard InChI is InChI=1S/C13H18Br2N2O3S/c1-4-17(5-2)13(18)9-16(3)21(19,20)12-8-10(14)6-7-11(12)15/h6-8H,4-5,9H2,1-3H3. The average molecular weight is 442 g/mol. The Balaban J connectivity index is 3.02. The highest BCUT2D eigenvalue weighted by molar-refractivity contribution is 9.11. The maximum Gasteiger partial charge on any atom is 0.244 e. The van der Waals surface area contributed by atoms with Crippen molar-refractivity contribution < 1.29 is 13.2 Å². The van der Waals surface area contributed by atoms with Crippen LogP contribution in [0.2, 0.25) is 0 Å². The van der Waals surface area contributed by atoms with Gasteiger partial charge in [-0.2, -0.15) is 4.31 Å². The van der Waals surface area contributed by atoms with Crippen LogP contribution in [0.4, 0.5) is 0 Å². The van der Waals surface area contributed by atoms with E-state index in [1.54, 1.807) is 17.0 Å². The number of sulfonamides is 1. The van der Waals surface area contributed by atoms with Crippen molar-refractivity contribution in [2.24, 2.45) is 0 Å². The molecule has 0 bridgehead atoms. The van der Waals surface area contributed by atoms with Crippen molar-refractivity contribution in [2.45, 2.75) is 18.7 Å². The van der Waals surface area contributed by atoms with Crippen LogP contribution in [0, 0.1) is 0 Å². The van der Waals surface area contributed by atoms with Gasteiger partial charge in [0.05, 0.1) is 11.4 Å². The molecular weight excluding hydrogens is 424 g/mol. The predicted octanol–water partition coefficient (Wildman–Crippen LogP) is 2.70. The number of carbonyl (C=O) groups is 1. The molecule has 1 amide bonds. The Kier molecular flexibility index (Phi) is 6.83. The Bertz CT molecular complexity index is 616. The lowest BCUT2D eigenvalue weighted by atomic mass is 10.4. The van der Waals surface area contributed by atoms with Crippen molar-refractivity contribution in [3.63, 3.8) is 0 Å². The largest absolute Gasteiger partial charge is 0.342 e. The summed E-state index contributed by atoms with van der Waals surface area (Å²) < 4.78 is 27.3. The van der Waals surface area contributed by atoms with E-state index in [-0.39, 0.29) is 17.3 Å². The molecule has 1 aromatic carbocycles. The van der Waals surface area contributed by atoms with Gasteiger partial charge in [-0.15, -0.1) is 0 Å². The third kappa shape index (κ3) is 4.51. The summed E-state index contributed by atoms with van der Waals surface area (Å²) in [5, 5.41) is 0. The van der Waals surface area contributed by atoms with E-state index in [1.807, 2.05) is 13.8 Å². The highest BCUT2D eigenvalue weighted by atomic mass is 79.9. The van der Waals surface area contributed by atoms with Crippen LogP contribution in [0.25, 0.3) is 0 Å². The minimum Gasteiger partial charge on any atom is -0.342 e. The van der Waals surface area contributed by atoms with Crippen LogP contribution in [-0.2, 0) is 14.8 Å². The van der Waals surface area contributed by atoms with E-state index in [4.69, 9.17) is 0 Å². The Morgan fingerprint density at radius 3 is 2.29 bits per heavy atom. The van der Waals surface area contributed by atoms with Crippen molar-refractivity contribution in [3.05, 3.63) is 27.1 Å². The molecule has 0 aliphatic rings. The summed E-state index contributed by atoms with van der Waals surface area (Å²) in [5.41, 5.74) is 0. The van der Waals surface area contributed by atoms with E-state index in [9.17, 15) is 13.2 Å². The summed E-state index contributed by atoms with van der Waals surface area (Å²) in [6.07, 6.45) is 0. The molecule has 0 atom stereocenters. The number of carbonyl (C=O) groups excluding carboxylic acids is 1. The SMILES string of the molecule is CCN(CC)C(=O)CN(C)S(=O)(=O)c1cc(Br)ccc1Br. The third-order valence-corrected chi connectivity index (χ3v) is 6.35. The lowest BCUT2D eigenvalue weighted by molar-refractivity contribution is -0.130. The molecule has 0 radical (unpaired) electrons. The predicted molar refractivity (Wildman–Crippen MR) is 89.6 cm³/mol. The van der Waals surface area contributed by atoms with E-state index < -0.39 is 10.0 Å². The van der Waals surface area contributed by atoms with Crippen LogP contribution in [0.1, 0.15) is 13.8 Å². The average Bonchev–Trinajstić information content (AvgIpc) is 2.42. The molecule has 0 aromatic heterocycles. The first kappa shape index (κ1) is 18.6. The summed E-state index contributed by atoms with van der Waals surface area (Å²) in [4.78, 5) is 13.8. The maximum atomic E-state index is 12.5. The van der Waals surface area contributed by atoms with Gasteiger partial charge in [0, 0.05) is 29.1 Å². The summed E-state index contributed by atoms with van der Waals surface area (Å²) in [6.45, 7) is 4.66. The van der Waals surface area contributed by atoms with E-state index in [0.717, 1.165) is 4.31 Å². The Morgan fingerprint density at radius 2 is 1.76 bits per heavy atom. The van der Waals surface area contributed by atoms with Crippen molar-refractivity contribution in [2.75, 3.05) is 26.7 Å². The second kappa shape index (κ2) is 7.71. The first-order valence-corrected chi connectivity index (χ1v) is 9.45. The summed E-state index contributed by atoms with van der Waals surface area (Å²) in [6, 6.07) is 4.90. The van der Waals surface area contributed by atoms with E-state index >= 15 is 0 Å². The van der Waals surface area contributed by atoms with Gasteiger partial charge in [0.15, 0.2) is 0 Å². The number of likely N-dealkylation sites (N-methyl/N-ethyl adjacent to an activating group) is 2. The molecule has 0 aliphatic heterocycles. The Hall–Kier alpha value is -0.440. The lowest BCUT2D eigenvalue weighted by Gasteiger charge is -2.23. The molecule has 0 saturated heterocycles. The number of benzene rings is 1. The molecule has 0 saturated carbocycles. The number of hydrogen-bond donors (Lipinski definition) is 0. The topological polar surface area (TPSA) is 57.7 Å². The minimum atomic E-state index is -3.73. The second-order valence-corrected chi connectivity index (χ2v) is 8.19. The molecule has 0 spiro atoms. The van der Waals surface area contributed by atoms with Crippen LogP contribution >= 0.6 is 31.9 Å². The second-order valence-electron chi connectivity index (χ2n) is 4.40. The number of hydrogen-bond acceptors (Lipinski definition) is 3. The van der Waals surface area contributed by atoms with Gasteiger partial charge < -0.3 is 4.90 Å². The fraction of sp³-hybridized carbons (Fsp3) is 0.462. The fourth-order valence-electron chi connectivity index (χ4n) is 1.79. The van der Waals surface area contributed by atoms with Gasteiger partial charge in [0.1, 0.15) is 0 Å². The molecule has 0 aliphatic carbocycles. The number of nitrogens with zero attached hydrogens (tertiary/aromatic N) is 2. The van der Waals surface area contributed by atoms with Crippen LogP contribution < -0.4 is 0 Å². The highest BCUT2D eigenvalue weighted by Crippen LogP contribution is 2.27. The maximum absolute atomic E-state index is 12.5. The van der Waals surface area contributed by atoms with Gasteiger partial charge in [-0.3, -0.25) is 4.79 Å². The van der Waals surface area contributed by atoms with E-state index in [1.165, 1.54) is 13.1 Å². The molecular formula is C13H18Br2N2O3S. The van der Waals surface area contributed by atoms with Crippen LogP contribution in [0.5, 0.6) is 0 Å². The summed E-state index contributed by atoms with van der Waals surface area (Å²) in [5.74, 6) is -0.211. The number of rotatable bonds is 6. The van der Waals surface area contributed by atoms with Gasteiger partial charge in [-0.05, 0) is 48.0 Å². The summed E-state index contributed by atoms with van der Waals surface area (Å²) in [7, 11) is -2.32. The van der Waals surface area contributed by atoms with Gasteiger partial charge in [0.2, 0.25) is 15.9 Å². The first-order valence-electron chi connectivity index (χ1n) is 6.43. The van der Waals surface area contributed by atoms with Crippen LogP contribution in [0.3, 0.4) is 0 Å². The highest BCUT2D eigenvalue weighted by Gasteiger charge is 2.26. The first-order chi connectivity index (χ1) is 9.73. The van der Waals surface area contributed by atoms with Gasteiger partial charge in [-0.1, -0.05) is 15.9 Å². The van der Waals surface area contributed by atoms with Gasteiger partial charge in [-0.25, -0.2) is 8.42 Å². The number of amides is 1. The molecule has 8 heteroatoms. The third-order valence-electron chi connectivity index (χ3n) is 3.06. The van der Waals surface area contributed by atoms with Crippen molar-refractivity contribution in [3.8, 4) is 0 Å². The van der Waals surface area contributed by atoms with Crippen molar-refractivity contribution in [1.82, 2.24) is 9.21 Å². The summed E-state index contributed by atoms with van der Waals surface area (Å²) >= 11 is 6.49. The zero-order valence-electron chi connectivity index (χ0n) is 12.1. The molecule has 0 fully saturated rings. The molecule has 21 heavy (non-hydrogen) atoms. The monoisotopic (exact) mass is 440 g/mol. The van der Waals surface area contributed by atoms with E-state index in [2.05, 4.69) is 31.9 Å². The minimum absolute atomic E-state index is 0.131. The molecule has 0 heterocycles. The van der Waals surface area contributed by atoms with Crippen LogP contribution in [0.15, 0.2) is 32.0 Å². The van der Waals surface area contributed by atoms with Crippen molar-refractivity contribution >= 4 is 47.8 Å². The molecule has 1 rings (SSSR count). The van der Waals surface area contributed by atoms with Crippen molar-refractivity contribution in [1.29, 1.82) is 0 Å². The molecule has 0 N–H and O–H groups in total. The normalized spacial score (nSPS) is 11.7. The van der Waals surface area contributed by atoms with Crippen LogP contribution in [-0.4, -0.2) is 50.2 Å². The molecule has 1 aromatic rings. The molecule has 5 nitrogen and oxygen atoms in total.